The number of piperidine rings is 1. The number of nitrogens with one attached hydrogen (secondary N) is 1. The van der Waals surface area contributed by atoms with Gasteiger partial charge in [0.2, 0.25) is 6.41 Å². The zero-order valence-electron chi connectivity index (χ0n) is 9.90. The highest BCUT2D eigenvalue weighted by Crippen LogP contribution is 2.35. The van der Waals surface area contributed by atoms with Crippen molar-refractivity contribution in [1.29, 1.82) is 0 Å². The molecular weight excluding hydrogens is 202 g/mol. The molecule has 0 aromatic heterocycles. The molecule has 2 fully saturated rings. The molecule has 4 nitrogen and oxygen atoms in total. The Morgan fingerprint density at radius 1 is 1.00 bits per heavy atom. The molecule has 0 unspecified atom stereocenters. The molecule has 0 aromatic carbocycles. The Labute approximate surface area is 97.5 Å². The Morgan fingerprint density at radius 3 is 2.12 bits per heavy atom. The normalized spacial score (nSPS) is 33.6. The second kappa shape index (κ2) is 5.64. The van der Waals surface area contributed by atoms with Gasteiger partial charge >= 0.3 is 0 Å². The van der Waals surface area contributed by atoms with Gasteiger partial charge in [-0.1, -0.05) is 0 Å². The highest BCUT2D eigenvalue weighted by atomic mass is 16.1. The summed E-state index contributed by atoms with van der Waals surface area (Å²) < 4.78 is 0. The minimum Gasteiger partial charge on any atom is -0.356 e. The topological polar surface area (TPSA) is 58.4 Å². The number of carbonyl (C=O) groups is 1. The summed E-state index contributed by atoms with van der Waals surface area (Å²) in [5.41, 5.74) is 0. The highest BCUT2D eigenvalue weighted by molar-refractivity contribution is 5.46. The summed E-state index contributed by atoms with van der Waals surface area (Å²) in [4.78, 5) is 10.4. The van der Waals surface area contributed by atoms with Crippen LogP contribution >= 0.6 is 0 Å². The van der Waals surface area contributed by atoms with Crippen LogP contribution in [0, 0.1) is 11.8 Å². The van der Waals surface area contributed by atoms with E-state index < -0.39 is 0 Å². The third-order valence-electron chi connectivity index (χ3n) is 4.32. The Bertz CT molecular complexity index is 218. The zero-order chi connectivity index (χ0) is 11.4. The number of hydrazine groups is 1. The first kappa shape index (κ1) is 11.9. The van der Waals surface area contributed by atoms with E-state index in [1.807, 2.05) is 5.01 Å². The fraction of sp³-hybridized carbons (Fsp3) is 0.917. The van der Waals surface area contributed by atoms with Crippen molar-refractivity contribution >= 4 is 6.41 Å². The minimum atomic E-state index is 0.434. The van der Waals surface area contributed by atoms with Gasteiger partial charge in [0.05, 0.1) is 0 Å². The van der Waals surface area contributed by atoms with Crippen molar-refractivity contribution in [3.8, 4) is 0 Å². The van der Waals surface area contributed by atoms with Crippen LogP contribution in [0.3, 0.4) is 0 Å². The lowest BCUT2D eigenvalue weighted by atomic mass is 9.75. The summed E-state index contributed by atoms with van der Waals surface area (Å²) in [6.07, 6.45) is 8.23. The van der Waals surface area contributed by atoms with Crippen molar-refractivity contribution in [3.05, 3.63) is 0 Å². The van der Waals surface area contributed by atoms with Crippen molar-refractivity contribution in [2.45, 2.75) is 44.6 Å². The van der Waals surface area contributed by atoms with Crippen LogP contribution in [-0.2, 0) is 4.79 Å². The number of hydrogen-bond acceptors (Lipinski definition) is 3. The molecule has 0 radical (unpaired) electrons. The van der Waals surface area contributed by atoms with Gasteiger partial charge in [-0.15, -0.1) is 0 Å². The first-order chi connectivity index (χ1) is 7.79. The van der Waals surface area contributed by atoms with Gasteiger partial charge in [-0.05, 0) is 50.4 Å². The maximum atomic E-state index is 10.4. The lowest BCUT2D eigenvalue weighted by Crippen LogP contribution is -2.42. The van der Waals surface area contributed by atoms with Crippen molar-refractivity contribution in [3.63, 3.8) is 0 Å². The molecular formula is C12H23N3O. The quantitative estimate of drug-likeness (QED) is 0.553. The highest BCUT2D eigenvalue weighted by Gasteiger charge is 2.29. The van der Waals surface area contributed by atoms with Crippen molar-refractivity contribution in [2.75, 3.05) is 13.1 Å². The predicted octanol–water partition coefficient (Wildman–Crippen LogP) is 0.877. The van der Waals surface area contributed by atoms with E-state index in [1.54, 1.807) is 0 Å². The van der Waals surface area contributed by atoms with Gasteiger partial charge in [-0.3, -0.25) is 10.6 Å². The first-order valence-corrected chi connectivity index (χ1v) is 6.49. The number of nitrogens with two attached hydrogens (primary N) is 1. The van der Waals surface area contributed by atoms with Gasteiger partial charge in [0, 0.05) is 19.1 Å². The Kier molecular flexibility index (Phi) is 4.18. The van der Waals surface area contributed by atoms with Gasteiger partial charge in [0.15, 0.2) is 0 Å². The van der Waals surface area contributed by atoms with E-state index in [0.29, 0.717) is 6.04 Å². The smallest absolute Gasteiger partial charge is 0.207 e. The molecule has 1 saturated heterocycles. The fourth-order valence-corrected chi connectivity index (χ4v) is 3.24. The molecule has 4 heteroatoms. The fourth-order valence-electron chi connectivity index (χ4n) is 3.24. The molecule has 0 spiro atoms. The van der Waals surface area contributed by atoms with Gasteiger partial charge in [-0.25, -0.2) is 5.01 Å². The van der Waals surface area contributed by atoms with Crippen molar-refractivity contribution < 1.29 is 4.79 Å². The molecule has 0 bridgehead atoms. The molecule has 3 N–H and O–H groups in total. The van der Waals surface area contributed by atoms with Crippen LogP contribution in [0.5, 0.6) is 0 Å². The maximum Gasteiger partial charge on any atom is 0.207 e. The molecule has 1 amide bonds. The Hall–Kier alpha value is -0.610. The molecule has 92 valence electrons. The summed E-state index contributed by atoms with van der Waals surface area (Å²) in [5.74, 6) is 7.52. The van der Waals surface area contributed by atoms with E-state index >= 15 is 0 Å². The molecule has 0 aromatic rings. The summed E-state index contributed by atoms with van der Waals surface area (Å²) in [5, 5.41) is 4.85. The Morgan fingerprint density at radius 2 is 1.56 bits per heavy atom. The van der Waals surface area contributed by atoms with E-state index in [2.05, 4.69) is 5.32 Å². The number of rotatable bonds is 3. The van der Waals surface area contributed by atoms with E-state index in [1.165, 1.54) is 25.7 Å². The molecule has 2 rings (SSSR count). The Balaban J connectivity index is 1.74. The monoisotopic (exact) mass is 225 g/mol. The van der Waals surface area contributed by atoms with Crippen LogP contribution in [-0.4, -0.2) is 30.6 Å². The molecule has 1 aliphatic heterocycles. The standard InChI is InChI=1S/C12H23N3O/c13-15-7-5-11(6-8-15)10-1-3-12(4-2-10)14-9-16/h9-12H,1-8,13H2,(H,14,16). The molecule has 2 aliphatic rings. The number of hydrogen-bond donors (Lipinski definition) is 2. The lowest BCUT2D eigenvalue weighted by molar-refractivity contribution is -0.110. The predicted molar refractivity (Wildman–Crippen MR) is 63.4 cm³/mol. The van der Waals surface area contributed by atoms with Crippen LogP contribution < -0.4 is 11.2 Å². The number of carbonyl (C=O) groups excluding carboxylic acids is 1. The van der Waals surface area contributed by atoms with Crippen LogP contribution in [0.15, 0.2) is 0 Å². The van der Waals surface area contributed by atoms with Crippen LogP contribution in [0.25, 0.3) is 0 Å². The average Bonchev–Trinajstić information content (AvgIpc) is 2.32. The summed E-state index contributed by atoms with van der Waals surface area (Å²) in [6, 6.07) is 0.434. The lowest BCUT2D eigenvalue weighted by Gasteiger charge is -2.37. The molecule has 1 saturated carbocycles. The van der Waals surface area contributed by atoms with E-state index in [0.717, 1.165) is 44.2 Å². The zero-order valence-corrected chi connectivity index (χ0v) is 9.90. The number of nitrogens with zero attached hydrogens (tertiary/aromatic N) is 1. The van der Waals surface area contributed by atoms with Crippen LogP contribution in [0.2, 0.25) is 0 Å². The molecule has 1 heterocycles. The van der Waals surface area contributed by atoms with Crippen LogP contribution in [0.1, 0.15) is 38.5 Å². The molecule has 16 heavy (non-hydrogen) atoms. The minimum absolute atomic E-state index is 0.434. The van der Waals surface area contributed by atoms with Crippen molar-refractivity contribution in [1.82, 2.24) is 10.3 Å². The third kappa shape index (κ3) is 2.95. The second-order valence-corrected chi connectivity index (χ2v) is 5.27. The van der Waals surface area contributed by atoms with Gasteiger partial charge < -0.3 is 5.32 Å². The van der Waals surface area contributed by atoms with E-state index in [-0.39, 0.29) is 0 Å². The number of amides is 1. The first-order valence-electron chi connectivity index (χ1n) is 6.49. The van der Waals surface area contributed by atoms with E-state index in [4.69, 9.17) is 5.84 Å². The van der Waals surface area contributed by atoms with Gasteiger partial charge in [0.1, 0.15) is 0 Å². The third-order valence-corrected chi connectivity index (χ3v) is 4.32. The van der Waals surface area contributed by atoms with Gasteiger partial charge in [-0.2, -0.15) is 0 Å². The second-order valence-electron chi connectivity index (χ2n) is 5.27. The SMILES string of the molecule is NN1CCC(C2CCC(NC=O)CC2)CC1. The van der Waals surface area contributed by atoms with Gasteiger partial charge in [0.25, 0.3) is 0 Å². The average molecular weight is 225 g/mol. The summed E-state index contributed by atoms with van der Waals surface area (Å²) >= 11 is 0. The van der Waals surface area contributed by atoms with E-state index in [9.17, 15) is 4.79 Å². The van der Waals surface area contributed by atoms with Crippen LogP contribution in [0.4, 0.5) is 0 Å². The largest absolute Gasteiger partial charge is 0.356 e. The molecule has 0 atom stereocenters. The maximum absolute atomic E-state index is 10.4. The van der Waals surface area contributed by atoms with Crippen molar-refractivity contribution in [2.24, 2.45) is 17.7 Å². The summed E-state index contributed by atoms with van der Waals surface area (Å²) in [7, 11) is 0. The summed E-state index contributed by atoms with van der Waals surface area (Å²) in [6.45, 7) is 2.11. The molecule has 1 aliphatic carbocycles.